The summed E-state index contributed by atoms with van der Waals surface area (Å²) in [6.07, 6.45) is 2.04. The topological polar surface area (TPSA) is 88.0 Å². The van der Waals surface area contributed by atoms with Gasteiger partial charge in [0.25, 0.3) is 11.6 Å². The monoisotopic (exact) mass is 410 g/mol. The highest BCUT2D eigenvalue weighted by molar-refractivity contribution is 5.95. The van der Waals surface area contributed by atoms with E-state index in [1.165, 1.54) is 6.07 Å². The van der Waals surface area contributed by atoms with Crippen molar-refractivity contribution in [2.45, 2.75) is 25.4 Å². The fourth-order valence-electron chi connectivity index (χ4n) is 3.59. The minimum absolute atomic E-state index is 0.0592. The summed E-state index contributed by atoms with van der Waals surface area (Å²) >= 11 is 0. The van der Waals surface area contributed by atoms with Gasteiger partial charge in [0.2, 0.25) is 0 Å². The van der Waals surface area contributed by atoms with E-state index in [-0.39, 0.29) is 11.6 Å². The number of nitrogens with zero attached hydrogens (tertiary/aromatic N) is 3. The molecule has 1 amide bonds. The maximum Gasteiger partial charge on any atom is 0.293 e. The summed E-state index contributed by atoms with van der Waals surface area (Å²) in [5, 5.41) is 14.6. The van der Waals surface area contributed by atoms with Gasteiger partial charge in [-0.1, -0.05) is 12.1 Å². The Morgan fingerprint density at radius 2 is 1.90 bits per heavy atom. The summed E-state index contributed by atoms with van der Waals surface area (Å²) < 4.78 is 5.39. The molecule has 2 aromatic rings. The number of amides is 1. The molecule has 4 rings (SSSR count). The number of rotatable bonds is 7. The van der Waals surface area contributed by atoms with E-state index < -0.39 is 4.92 Å². The Balaban J connectivity index is 1.42. The van der Waals surface area contributed by atoms with Gasteiger partial charge in [-0.05, 0) is 42.7 Å². The molecule has 30 heavy (non-hydrogen) atoms. The van der Waals surface area contributed by atoms with Crippen LogP contribution in [0.1, 0.15) is 28.8 Å². The largest absolute Gasteiger partial charge is 0.378 e. The lowest BCUT2D eigenvalue weighted by Crippen LogP contribution is -2.36. The minimum Gasteiger partial charge on any atom is -0.378 e. The van der Waals surface area contributed by atoms with Gasteiger partial charge in [-0.2, -0.15) is 0 Å². The summed E-state index contributed by atoms with van der Waals surface area (Å²) in [4.78, 5) is 27.7. The summed E-state index contributed by atoms with van der Waals surface area (Å²) in [6, 6.07) is 13.1. The zero-order valence-corrected chi connectivity index (χ0v) is 17.0. The highest BCUT2D eigenvalue weighted by Gasteiger charge is 2.26. The molecule has 2 fully saturated rings. The van der Waals surface area contributed by atoms with E-state index in [2.05, 4.69) is 22.3 Å². The normalized spacial score (nSPS) is 16.2. The van der Waals surface area contributed by atoms with Crippen LogP contribution in [0.5, 0.6) is 0 Å². The Hall–Kier alpha value is -3.13. The number of nitrogens with one attached hydrogen (secondary N) is 1. The average molecular weight is 410 g/mol. The molecule has 0 bridgehead atoms. The molecule has 1 heterocycles. The number of ether oxygens (including phenoxy) is 1. The number of nitro groups is 1. The van der Waals surface area contributed by atoms with Crippen LogP contribution in [-0.2, 0) is 11.3 Å². The molecule has 0 atom stereocenters. The second-order valence-electron chi connectivity index (χ2n) is 7.83. The Kier molecular flexibility index (Phi) is 5.85. The molecule has 8 heteroatoms. The quantitative estimate of drug-likeness (QED) is 0.557. The molecule has 0 spiro atoms. The molecule has 158 valence electrons. The van der Waals surface area contributed by atoms with E-state index in [0.717, 1.165) is 50.4 Å². The number of benzene rings is 2. The molecule has 0 aromatic heterocycles. The lowest BCUT2D eigenvalue weighted by molar-refractivity contribution is -0.384. The van der Waals surface area contributed by atoms with Gasteiger partial charge >= 0.3 is 0 Å². The second kappa shape index (κ2) is 8.71. The van der Waals surface area contributed by atoms with Crippen molar-refractivity contribution in [3.63, 3.8) is 0 Å². The van der Waals surface area contributed by atoms with Crippen molar-refractivity contribution in [1.29, 1.82) is 0 Å². The zero-order chi connectivity index (χ0) is 21.1. The molecule has 2 aliphatic rings. The number of morpholine rings is 1. The number of nitro benzene ring substituents is 1. The lowest BCUT2D eigenvalue weighted by Gasteiger charge is -2.29. The van der Waals surface area contributed by atoms with Crippen LogP contribution in [0.2, 0.25) is 0 Å². The molecular weight excluding hydrogens is 384 g/mol. The maximum absolute atomic E-state index is 12.8. The maximum atomic E-state index is 12.8. The van der Waals surface area contributed by atoms with Gasteiger partial charge in [0.15, 0.2) is 0 Å². The van der Waals surface area contributed by atoms with Crippen molar-refractivity contribution < 1.29 is 14.5 Å². The van der Waals surface area contributed by atoms with Gasteiger partial charge in [0.1, 0.15) is 5.69 Å². The van der Waals surface area contributed by atoms with Crippen LogP contribution in [0.3, 0.4) is 0 Å². The van der Waals surface area contributed by atoms with Crippen molar-refractivity contribution in [2.75, 3.05) is 43.6 Å². The van der Waals surface area contributed by atoms with E-state index in [0.29, 0.717) is 23.8 Å². The third-order valence-electron chi connectivity index (χ3n) is 5.46. The summed E-state index contributed by atoms with van der Waals surface area (Å²) in [6.45, 7) is 3.66. The predicted molar refractivity (Wildman–Crippen MR) is 115 cm³/mol. The van der Waals surface area contributed by atoms with Crippen LogP contribution >= 0.6 is 0 Å². The molecule has 1 aliphatic carbocycles. The fourth-order valence-corrected chi connectivity index (χ4v) is 3.59. The molecule has 1 saturated heterocycles. The molecule has 0 unspecified atom stereocenters. The third kappa shape index (κ3) is 4.71. The van der Waals surface area contributed by atoms with Crippen LogP contribution in [0.4, 0.5) is 17.1 Å². The first kappa shape index (κ1) is 20.2. The molecule has 1 aliphatic heterocycles. The Morgan fingerprint density at radius 3 is 2.53 bits per heavy atom. The highest BCUT2D eigenvalue weighted by Crippen LogP contribution is 2.32. The number of hydrogen-bond donors (Lipinski definition) is 1. The Bertz CT molecular complexity index is 921. The van der Waals surface area contributed by atoms with Crippen LogP contribution in [-0.4, -0.2) is 55.1 Å². The number of anilines is 2. The predicted octanol–water partition coefficient (Wildman–Crippen LogP) is 3.28. The molecule has 2 aromatic carbocycles. The van der Waals surface area contributed by atoms with E-state index in [4.69, 9.17) is 4.74 Å². The number of hydrogen-bond acceptors (Lipinski definition) is 6. The van der Waals surface area contributed by atoms with E-state index in [1.807, 2.05) is 12.1 Å². The summed E-state index contributed by atoms with van der Waals surface area (Å²) in [5.74, 6) is -0.242. The smallest absolute Gasteiger partial charge is 0.293 e. The third-order valence-corrected chi connectivity index (χ3v) is 5.46. The van der Waals surface area contributed by atoms with Crippen LogP contribution in [0, 0.1) is 10.1 Å². The van der Waals surface area contributed by atoms with Gasteiger partial charge < -0.3 is 19.9 Å². The molecule has 8 nitrogen and oxygen atoms in total. The molecule has 1 N–H and O–H groups in total. The second-order valence-corrected chi connectivity index (χ2v) is 7.83. The fraction of sp³-hybridized carbons (Fsp3) is 0.409. The summed E-state index contributed by atoms with van der Waals surface area (Å²) in [5.41, 5.74) is 2.88. The first-order valence-corrected chi connectivity index (χ1v) is 10.2. The summed E-state index contributed by atoms with van der Waals surface area (Å²) in [7, 11) is 1.71. The van der Waals surface area contributed by atoms with Gasteiger partial charge in [-0.3, -0.25) is 14.9 Å². The SMILES string of the molecule is CN(Cc1ccc(N2CCOCC2)cc1)C(=O)c1ccc(NC2CC2)c([N+](=O)[O-])c1. The van der Waals surface area contributed by atoms with Crippen molar-refractivity contribution in [2.24, 2.45) is 0 Å². The first-order valence-electron chi connectivity index (χ1n) is 10.2. The Morgan fingerprint density at radius 1 is 1.20 bits per heavy atom. The molecule has 1 saturated carbocycles. The Labute approximate surface area is 175 Å². The minimum atomic E-state index is -0.439. The van der Waals surface area contributed by atoms with Gasteiger partial charge in [0.05, 0.1) is 18.1 Å². The first-order chi connectivity index (χ1) is 14.5. The standard InChI is InChI=1S/C22H26N4O4/c1-24(15-16-2-7-19(8-3-16)25-10-12-30-13-11-25)22(27)17-4-9-20(23-18-5-6-18)21(14-17)26(28)29/h2-4,7-9,14,18,23H,5-6,10-13,15H2,1H3. The molecule has 0 radical (unpaired) electrons. The van der Waals surface area contributed by atoms with Crippen molar-refractivity contribution >= 4 is 23.0 Å². The van der Waals surface area contributed by atoms with Crippen molar-refractivity contribution in [1.82, 2.24) is 4.90 Å². The average Bonchev–Trinajstić information content (AvgIpc) is 3.58. The molecular formula is C22H26N4O4. The zero-order valence-electron chi connectivity index (χ0n) is 17.0. The number of carbonyl (C=O) groups excluding carboxylic acids is 1. The van der Waals surface area contributed by atoms with Crippen LogP contribution in [0.25, 0.3) is 0 Å². The number of carbonyl (C=O) groups is 1. The van der Waals surface area contributed by atoms with Gasteiger partial charge in [-0.15, -0.1) is 0 Å². The van der Waals surface area contributed by atoms with E-state index in [9.17, 15) is 14.9 Å². The van der Waals surface area contributed by atoms with Gasteiger partial charge in [-0.25, -0.2) is 0 Å². The van der Waals surface area contributed by atoms with Crippen molar-refractivity contribution in [3.05, 3.63) is 63.7 Å². The van der Waals surface area contributed by atoms with Gasteiger partial charge in [0, 0.05) is 50.0 Å². The van der Waals surface area contributed by atoms with Crippen LogP contribution in [0.15, 0.2) is 42.5 Å². The lowest BCUT2D eigenvalue weighted by atomic mass is 10.1. The van der Waals surface area contributed by atoms with E-state index >= 15 is 0 Å². The van der Waals surface area contributed by atoms with Crippen molar-refractivity contribution in [3.8, 4) is 0 Å². The highest BCUT2D eigenvalue weighted by atomic mass is 16.6. The van der Waals surface area contributed by atoms with E-state index in [1.54, 1.807) is 24.1 Å². The van der Waals surface area contributed by atoms with Crippen LogP contribution < -0.4 is 10.2 Å².